The number of hydrogen-bond acceptors (Lipinski definition) is 4. The maximum atomic E-state index is 12.9. The maximum absolute atomic E-state index is 12.9. The molecule has 1 aliphatic heterocycles. The number of hydrogen-bond donors (Lipinski definition) is 1. The summed E-state index contributed by atoms with van der Waals surface area (Å²) in [4.78, 5) is 27.9. The summed E-state index contributed by atoms with van der Waals surface area (Å²) in [5, 5.41) is 4.29. The van der Waals surface area contributed by atoms with Gasteiger partial charge < -0.3 is 15.5 Å². The van der Waals surface area contributed by atoms with Crippen molar-refractivity contribution in [3.63, 3.8) is 0 Å². The molecule has 1 saturated heterocycles. The Balaban J connectivity index is 1.82. The van der Waals surface area contributed by atoms with Gasteiger partial charge in [-0.25, -0.2) is 4.68 Å². The molecule has 2 amide bonds. The molecule has 0 aliphatic carbocycles. The second kappa shape index (κ2) is 6.84. The zero-order valence-electron chi connectivity index (χ0n) is 13.7. The first-order chi connectivity index (χ1) is 11.6. The van der Waals surface area contributed by atoms with Crippen molar-refractivity contribution in [3.8, 4) is 5.69 Å². The average molecular weight is 327 g/mol. The van der Waals surface area contributed by atoms with Crippen LogP contribution in [0.5, 0.6) is 0 Å². The van der Waals surface area contributed by atoms with E-state index in [9.17, 15) is 9.59 Å². The van der Waals surface area contributed by atoms with Gasteiger partial charge >= 0.3 is 0 Å². The molecule has 1 aromatic carbocycles. The molecule has 3 rings (SSSR count). The van der Waals surface area contributed by atoms with E-state index in [0.29, 0.717) is 38.3 Å². The van der Waals surface area contributed by atoms with Crippen molar-refractivity contribution in [2.24, 2.45) is 5.73 Å². The monoisotopic (exact) mass is 327 g/mol. The van der Waals surface area contributed by atoms with Gasteiger partial charge in [0.2, 0.25) is 5.91 Å². The van der Waals surface area contributed by atoms with Gasteiger partial charge in [0.25, 0.3) is 5.91 Å². The lowest BCUT2D eigenvalue weighted by atomic mass is 10.1. The van der Waals surface area contributed by atoms with Gasteiger partial charge in [-0.2, -0.15) is 5.10 Å². The van der Waals surface area contributed by atoms with Crippen molar-refractivity contribution in [1.82, 2.24) is 19.6 Å². The lowest BCUT2D eigenvalue weighted by molar-refractivity contribution is -0.130. The van der Waals surface area contributed by atoms with Crippen molar-refractivity contribution in [1.29, 1.82) is 0 Å². The standard InChI is InChI=1S/C17H21N5O2/c1-13(23)20-6-8-21(9-7-20)17(24)15-4-2-3-5-16(15)22-12-14(10-18)11-19-22/h2-5,11-12H,6-10,18H2,1H3. The van der Waals surface area contributed by atoms with Crippen LogP contribution < -0.4 is 5.73 Å². The lowest BCUT2D eigenvalue weighted by Crippen LogP contribution is -2.50. The lowest BCUT2D eigenvalue weighted by Gasteiger charge is -2.34. The highest BCUT2D eigenvalue weighted by atomic mass is 16.2. The first-order valence-corrected chi connectivity index (χ1v) is 7.98. The number of aromatic nitrogens is 2. The highest BCUT2D eigenvalue weighted by Gasteiger charge is 2.25. The van der Waals surface area contributed by atoms with Crippen LogP contribution in [0.2, 0.25) is 0 Å². The van der Waals surface area contributed by atoms with Gasteiger partial charge in [-0.3, -0.25) is 9.59 Å². The van der Waals surface area contributed by atoms with Gasteiger partial charge in [0, 0.05) is 51.4 Å². The third-order valence-electron chi connectivity index (χ3n) is 4.27. The minimum Gasteiger partial charge on any atom is -0.339 e. The summed E-state index contributed by atoms with van der Waals surface area (Å²) in [5.41, 5.74) is 7.87. The van der Waals surface area contributed by atoms with Gasteiger partial charge in [-0.1, -0.05) is 12.1 Å². The normalized spacial score (nSPS) is 14.8. The molecule has 24 heavy (non-hydrogen) atoms. The van der Waals surface area contributed by atoms with E-state index in [4.69, 9.17) is 5.73 Å². The van der Waals surface area contributed by atoms with Crippen LogP contribution in [0.25, 0.3) is 5.69 Å². The Kier molecular flexibility index (Phi) is 4.61. The number of carbonyl (C=O) groups is 2. The predicted molar refractivity (Wildman–Crippen MR) is 89.6 cm³/mol. The van der Waals surface area contributed by atoms with E-state index in [0.717, 1.165) is 11.3 Å². The maximum Gasteiger partial charge on any atom is 0.256 e. The van der Waals surface area contributed by atoms with Crippen LogP contribution >= 0.6 is 0 Å². The molecule has 0 spiro atoms. The number of piperazine rings is 1. The highest BCUT2D eigenvalue weighted by Crippen LogP contribution is 2.18. The molecule has 1 aliphatic rings. The number of carbonyl (C=O) groups excluding carboxylic acids is 2. The molecule has 7 nitrogen and oxygen atoms in total. The number of rotatable bonds is 3. The van der Waals surface area contributed by atoms with Crippen LogP contribution in [0.1, 0.15) is 22.8 Å². The van der Waals surface area contributed by atoms with E-state index in [2.05, 4.69) is 5.10 Å². The van der Waals surface area contributed by atoms with Crippen molar-refractivity contribution >= 4 is 11.8 Å². The van der Waals surface area contributed by atoms with Gasteiger partial charge in [0.15, 0.2) is 0 Å². The van der Waals surface area contributed by atoms with Crippen LogP contribution in [0, 0.1) is 0 Å². The van der Waals surface area contributed by atoms with Crippen LogP contribution in [-0.2, 0) is 11.3 Å². The predicted octanol–water partition coefficient (Wildman–Crippen LogP) is 0.635. The van der Waals surface area contributed by atoms with Crippen LogP contribution in [0.4, 0.5) is 0 Å². The zero-order chi connectivity index (χ0) is 17.1. The molecule has 126 valence electrons. The molecule has 1 fully saturated rings. The smallest absolute Gasteiger partial charge is 0.256 e. The number of nitrogens with zero attached hydrogens (tertiary/aromatic N) is 4. The molecule has 0 radical (unpaired) electrons. The Labute approximate surface area is 140 Å². The van der Waals surface area contributed by atoms with Crippen molar-refractivity contribution < 1.29 is 9.59 Å². The Hall–Kier alpha value is -2.67. The number of para-hydroxylation sites is 1. The Morgan fingerprint density at radius 2 is 1.79 bits per heavy atom. The zero-order valence-corrected chi connectivity index (χ0v) is 13.7. The van der Waals surface area contributed by atoms with E-state index in [1.54, 1.807) is 33.7 Å². The fraction of sp³-hybridized carbons (Fsp3) is 0.353. The van der Waals surface area contributed by atoms with Gasteiger partial charge in [-0.05, 0) is 12.1 Å². The second-order valence-corrected chi connectivity index (χ2v) is 5.81. The van der Waals surface area contributed by atoms with E-state index in [-0.39, 0.29) is 11.8 Å². The minimum atomic E-state index is -0.0430. The quantitative estimate of drug-likeness (QED) is 0.896. The number of benzene rings is 1. The van der Waals surface area contributed by atoms with Gasteiger partial charge in [-0.15, -0.1) is 0 Å². The van der Waals surface area contributed by atoms with Crippen LogP contribution in [0.3, 0.4) is 0 Å². The SMILES string of the molecule is CC(=O)N1CCN(C(=O)c2ccccc2-n2cc(CN)cn2)CC1. The largest absolute Gasteiger partial charge is 0.339 e. The Morgan fingerprint density at radius 3 is 2.42 bits per heavy atom. The summed E-state index contributed by atoms with van der Waals surface area (Å²) in [6, 6.07) is 7.39. The molecule has 0 bridgehead atoms. The number of amides is 2. The third kappa shape index (κ3) is 3.16. The van der Waals surface area contributed by atoms with E-state index in [1.165, 1.54) is 0 Å². The summed E-state index contributed by atoms with van der Waals surface area (Å²) in [7, 11) is 0. The summed E-state index contributed by atoms with van der Waals surface area (Å²) in [6.07, 6.45) is 3.53. The fourth-order valence-electron chi connectivity index (χ4n) is 2.85. The molecular formula is C17H21N5O2. The van der Waals surface area contributed by atoms with Gasteiger partial charge in [0.05, 0.1) is 17.4 Å². The summed E-state index contributed by atoms with van der Waals surface area (Å²) in [5.74, 6) is 0.00644. The first kappa shape index (κ1) is 16.2. The van der Waals surface area contributed by atoms with E-state index >= 15 is 0 Å². The van der Waals surface area contributed by atoms with E-state index < -0.39 is 0 Å². The highest BCUT2D eigenvalue weighted by molar-refractivity contribution is 5.98. The molecule has 2 N–H and O–H groups in total. The molecule has 2 aromatic rings. The van der Waals surface area contributed by atoms with Crippen molar-refractivity contribution in [2.45, 2.75) is 13.5 Å². The Morgan fingerprint density at radius 1 is 1.12 bits per heavy atom. The van der Waals surface area contributed by atoms with Gasteiger partial charge in [0.1, 0.15) is 0 Å². The summed E-state index contributed by atoms with van der Waals surface area (Å²) < 4.78 is 1.68. The topological polar surface area (TPSA) is 84.5 Å². The van der Waals surface area contributed by atoms with Crippen molar-refractivity contribution in [3.05, 3.63) is 47.8 Å². The number of nitrogens with two attached hydrogens (primary N) is 1. The molecule has 2 heterocycles. The molecule has 0 atom stereocenters. The third-order valence-corrected chi connectivity index (χ3v) is 4.27. The first-order valence-electron chi connectivity index (χ1n) is 7.98. The molecular weight excluding hydrogens is 306 g/mol. The molecule has 0 unspecified atom stereocenters. The molecule has 1 aromatic heterocycles. The average Bonchev–Trinajstić information content (AvgIpc) is 3.10. The molecule has 7 heteroatoms. The van der Waals surface area contributed by atoms with Crippen LogP contribution in [-0.4, -0.2) is 57.6 Å². The Bertz CT molecular complexity index is 747. The molecule has 0 saturated carbocycles. The second-order valence-electron chi connectivity index (χ2n) is 5.81. The van der Waals surface area contributed by atoms with Crippen molar-refractivity contribution in [2.75, 3.05) is 26.2 Å². The fourth-order valence-corrected chi connectivity index (χ4v) is 2.85. The minimum absolute atomic E-state index is 0.0430. The van der Waals surface area contributed by atoms with Crippen LogP contribution in [0.15, 0.2) is 36.7 Å². The van der Waals surface area contributed by atoms with E-state index in [1.807, 2.05) is 24.4 Å². The summed E-state index contributed by atoms with van der Waals surface area (Å²) in [6.45, 7) is 4.19. The summed E-state index contributed by atoms with van der Waals surface area (Å²) >= 11 is 0.